The lowest BCUT2D eigenvalue weighted by Gasteiger charge is -2.02. The number of esters is 1. The Morgan fingerprint density at radius 2 is 1.87 bits per heavy atom. The molecule has 0 spiro atoms. The fourth-order valence-corrected chi connectivity index (χ4v) is 0.975. The second kappa shape index (κ2) is 5.14. The van der Waals surface area contributed by atoms with Crippen molar-refractivity contribution in [3.63, 3.8) is 0 Å². The van der Waals surface area contributed by atoms with E-state index in [2.05, 4.69) is 15.3 Å². The van der Waals surface area contributed by atoms with Crippen LogP contribution in [0, 0.1) is 0 Å². The molecule has 0 fully saturated rings. The second-order valence-electron chi connectivity index (χ2n) is 3.24. The number of methoxy groups -OCH3 is 1. The molecule has 1 aromatic rings. The molecule has 4 heteroatoms. The molecule has 0 heterocycles. The molecule has 1 rings (SSSR count). The van der Waals surface area contributed by atoms with Crippen molar-refractivity contribution in [2.45, 2.75) is 13.8 Å². The Morgan fingerprint density at radius 1 is 1.27 bits per heavy atom. The average molecular weight is 206 g/mol. The molecule has 0 saturated carbocycles. The quantitative estimate of drug-likeness (QED) is 0.469. The SMILES string of the molecule is COC(=O)c1ccc(NN=C(C)C)cc1. The van der Waals surface area contributed by atoms with Gasteiger partial charge in [0.15, 0.2) is 0 Å². The molecule has 80 valence electrons. The molecule has 1 N–H and O–H groups in total. The van der Waals surface area contributed by atoms with Gasteiger partial charge in [0.05, 0.1) is 18.4 Å². The predicted molar refractivity (Wildman–Crippen MR) is 60.2 cm³/mol. The number of nitrogens with one attached hydrogen (secondary N) is 1. The molecule has 0 aliphatic carbocycles. The van der Waals surface area contributed by atoms with Gasteiger partial charge in [-0.05, 0) is 38.1 Å². The third-order valence-electron chi connectivity index (χ3n) is 1.71. The van der Waals surface area contributed by atoms with Crippen LogP contribution in [-0.4, -0.2) is 18.8 Å². The first-order valence-corrected chi connectivity index (χ1v) is 4.59. The fraction of sp³-hybridized carbons (Fsp3) is 0.273. The molecule has 0 saturated heterocycles. The number of rotatable bonds is 3. The maximum Gasteiger partial charge on any atom is 0.337 e. The molecule has 0 aromatic heterocycles. The van der Waals surface area contributed by atoms with E-state index in [0.717, 1.165) is 11.4 Å². The maximum absolute atomic E-state index is 11.1. The average Bonchev–Trinajstić information content (AvgIpc) is 2.26. The molecule has 0 amide bonds. The van der Waals surface area contributed by atoms with E-state index in [0.29, 0.717) is 5.56 Å². The standard InChI is InChI=1S/C11H14N2O2/c1-8(2)12-13-10-6-4-9(5-7-10)11(14)15-3/h4-7,13H,1-3H3. The van der Waals surface area contributed by atoms with Gasteiger partial charge in [-0.2, -0.15) is 5.10 Å². The summed E-state index contributed by atoms with van der Waals surface area (Å²) < 4.78 is 4.59. The molecular weight excluding hydrogens is 192 g/mol. The van der Waals surface area contributed by atoms with Crippen LogP contribution in [0.5, 0.6) is 0 Å². The van der Waals surface area contributed by atoms with E-state index in [1.54, 1.807) is 24.3 Å². The van der Waals surface area contributed by atoms with E-state index in [-0.39, 0.29) is 5.97 Å². The van der Waals surface area contributed by atoms with Gasteiger partial charge >= 0.3 is 5.97 Å². The van der Waals surface area contributed by atoms with Crippen molar-refractivity contribution >= 4 is 17.4 Å². The summed E-state index contributed by atoms with van der Waals surface area (Å²) in [6, 6.07) is 6.93. The van der Waals surface area contributed by atoms with E-state index in [4.69, 9.17) is 0 Å². The summed E-state index contributed by atoms with van der Waals surface area (Å²) in [4.78, 5) is 11.1. The Labute approximate surface area is 88.9 Å². The lowest BCUT2D eigenvalue weighted by atomic mass is 10.2. The molecular formula is C11H14N2O2. The van der Waals surface area contributed by atoms with E-state index in [9.17, 15) is 4.79 Å². The van der Waals surface area contributed by atoms with Gasteiger partial charge in [0.1, 0.15) is 0 Å². The van der Waals surface area contributed by atoms with Crippen LogP contribution in [0.2, 0.25) is 0 Å². The minimum Gasteiger partial charge on any atom is -0.465 e. The van der Waals surface area contributed by atoms with Crippen molar-refractivity contribution in [3.05, 3.63) is 29.8 Å². The second-order valence-corrected chi connectivity index (χ2v) is 3.24. The van der Waals surface area contributed by atoms with E-state index < -0.39 is 0 Å². The highest BCUT2D eigenvalue weighted by molar-refractivity contribution is 5.89. The highest BCUT2D eigenvalue weighted by Crippen LogP contribution is 2.10. The van der Waals surface area contributed by atoms with Crippen LogP contribution in [0.15, 0.2) is 29.4 Å². The van der Waals surface area contributed by atoms with Crippen LogP contribution in [0.25, 0.3) is 0 Å². The predicted octanol–water partition coefficient (Wildman–Crippen LogP) is 2.28. The number of ether oxygens (including phenoxy) is 1. The smallest absolute Gasteiger partial charge is 0.337 e. The van der Waals surface area contributed by atoms with E-state index in [1.807, 2.05) is 13.8 Å². The Balaban J connectivity index is 2.72. The Bertz CT molecular complexity index is 365. The van der Waals surface area contributed by atoms with Crippen molar-refractivity contribution in [1.29, 1.82) is 0 Å². The van der Waals surface area contributed by atoms with Crippen molar-refractivity contribution in [1.82, 2.24) is 0 Å². The van der Waals surface area contributed by atoms with Gasteiger partial charge in [-0.15, -0.1) is 0 Å². The molecule has 0 bridgehead atoms. The summed E-state index contributed by atoms with van der Waals surface area (Å²) in [5.41, 5.74) is 5.17. The summed E-state index contributed by atoms with van der Waals surface area (Å²) in [6.45, 7) is 3.80. The van der Waals surface area contributed by atoms with Crippen LogP contribution in [0.4, 0.5) is 5.69 Å². The zero-order chi connectivity index (χ0) is 11.3. The Kier molecular flexibility index (Phi) is 3.85. The first kappa shape index (κ1) is 11.2. The number of hydrogen-bond donors (Lipinski definition) is 1. The van der Waals surface area contributed by atoms with Crippen molar-refractivity contribution < 1.29 is 9.53 Å². The third kappa shape index (κ3) is 3.42. The number of benzene rings is 1. The highest BCUT2D eigenvalue weighted by Gasteiger charge is 2.03. The number of carbonyl (C=O) groups is 1. The van der Waals surface area contributed by atoms with E-state index >= 15 is 0 Å². The summed E-state index contributed by atoms with van der Waals surface area (Å²) in [5.74, 6) is -0.336. The topological polar surface area (TPSA) is 50.7 Å². The minimum absolute atomic E-state index is 0.336. The van der Waals surface area contributed by atoms with Gasteiger partial charge in [-0.3, -0.25) is 5.43 Å². The van der Waals surface area contributed by atoms with Crippen LogP contribution < -0.4 is 5.43 Å². The van der Waals surface area contributed by atoms with Crippen LogP contribution >= 0.6 is 0 Å². The Morgan fingerprint density at radius 3 is 2.33 bits per heavy atom. The molecule has 0 aliphatic heterocycles. The van der Waals surface area contributed by atoms with Gasteiger partial charge < -0.3 is 4.74 Å². The highest BCUT2D eigenvalue weighted by atomic mass is 16.5. The Hall–Kier alpha value is -1.84. The molecule has 4 nitrogen and oxygen atoms in total. The van der Waals surface area contributed by atoms with Crippen LogP contribution in [-0.2, 0) is 4.74 Å². The summed E-state index contributed by atoms with van der Waals surface area (Å²) in [6.07, 6.45) is 0. The van der Waals surface area contributed by atoms with E-state index in [1.165, 1.54) is 7.11 Å². The lowest BCUT2D eigenvalue weighted by molar-refractivity contribution is 0.0601. The molecule has 15 heavy (non-hydrogen) atoms. The summed E-state index contributed by atoms with van der Waals surface area (Å²) in [7, 11) is 1.36. The van der Waals surface area contributed by atoms with Gasteiger partial charge in [-0.25, -0.2) is 4.79 Å². The largest absolute Gasteiger partial charge is 0.465 e. The third-order valence-corrected chi connectivity index (χ3v) is 1.71. The number of hydrogen-bond acceptors (Lipinski definition) is 4. The van der Waals surface area contributed by atoms with Gasteiger partial charge in [-0.1, -0.05) is 0 Å². The molecule has 0 unspecified atom stereocenters. The van der Waals surface area contributed by atoms with Gasteiger partial charge in [0.2, 0.25) is 0 Å². The normalized spacial score (nSPS) is 9.27. The minimum atomic E-state index is -0.336. The number of nitrogens with zero attached hydrogens (tertiary/aromatic N) is 1. The van der Waals surface area contributed by atoms with Crippen molar-refractivity contribution in [2.75, 3.05) is 12.5 Å². The van der Waals surface area contributed by atoms with Crippen molar-refractivity contribution in [3.8, 4) is 0 Å². The first-order chi connectivity index (χ1) is 7.13. The number of hydrazone groups is 1. The molecule has 0 atom stereocenters. The van der Waals surface area contributed by atoms with Crippen LogP contribution in [0.1, 0.15) is 24.2 Å². The molecule has 0 aliphatic rings. The molecule has 1 aromatic carbocycles. The number of anilines is 1. The van der Waals surface area contributed by atoms with Crippen molar-refractivity contribution in [2.24, 2.45) is 5.10 Å². The fourth-order valence-electron chi connectivity index (χ4n) is 0.975. The number of carbonyl (C=O) groups excluding carboxylic acids is 1. The monoisotopic (exact) mass is 206 g/mol. The zero-order valence-corrected chi connectivity index (χ0v) is 9.07. The van der Waals surface area contributed by atoms with Gasteiger partial charge in [0, 0.05) is 5.71 Å². The maximum atomic E-state index is 11.1. The molecule has 0 radical (unpaired) electrons. The van der Waals surface area contributed by atoms with Gasteiger partial charge in [0.25, 0.3) is 0 Å². The van der Waals surface area contributed by atoms with Crippen LogP contribution in [0.3, 0.4) is 0 Å². The first-order valence-electron chi connectivity index (χ1n) is 4.59. The lowest BCUT2D eigenvalue weighted by Crippen LogP contribution is -2.01. The summed E-state index contributed by atoms with van der Waals surface area (Å²) >= 11 is 0. The zero-order valence-electron chi connectivity index (χ0n) is 9.07. The summed E-state index contributed by atoms with van der Waals surface area (Å²) in [5, 5.41) is 4.04.